The lowest BCUT2D eigenvalue weighted by Crippen LogP contribution is -2.18. The highest BCUT2D eigenvalue weighted by molar-refractivity contribution is 7.99. The van der Waals surface area contributed by atoms with E-state index in [2.05, 4.69) is 42.5 Å². The zero-order valence-electron chi connectivity index (χ0n) is 28.7. The molecule has 4 aromatic rings. The van der Waals surface area contributed by atoms with Crippen molar-refractivity contribution < 1.29 is 24.9 Å². The molecule has 1 aromatic heterocycles. The summed E-state index contributed by atoms with van der Waals surface area (Å²) in [6, 6.07) is 26.8. The zero-order valence-corrected chi connectivity index (χ0v) is 31.1. The molecule has 3 aromatic carbocycles. The molecule has 0 radical (unpaired) electrons. The predicted molar refractivity (Wildman–Crippen MR) is 205 cm³/mol. The minimum atomic E-state index is -0.954. The number of aryl methyl sites for hydroxylation is 1. The molecular weight excluding hydrogens is 686 g/mol. The van der Waals surface area contributed by atoms with Crippen molar-refractivity contribution in [3.8, 4) is 0 Å². The molecule has 0 saturated heterocycles. The molecule has 0 amide bonds. The minimum Gasteiger partial charge on any atom is -0.481 e. The van der Waals surface area contributed by atoms with Gasteiger partial charge >= 0.3 is 11.9 Å². The van der Waals surface area contributed by atoms with Crippen LogP contribution in [0.15, 0.2) is 78.9 Å². The second-order valence-electron chi connectivity index (χ2n) is 15.0. The van der Waals surface area contributed by atoms with Crippen molar-refractivity contribution in [2.75, 3.05) is 11.5 Å². The van der Waals surface area contributed by atoms with Crippen LogP contribution in [-0.4, -0.2) is 43.7 Å². The van der Waals surface area contributed by atoms with Gasteiger partial charge in [-0.25, -0.2) is 0 Å². The Morgan fingerprint density at radius 3 is 2.04 bits per heavy atom. The number of halogens is 1. The molecular formula is C41H46ClNO5S2. The highest BCUT2D eigenvalue weighted by Crippen LogP contribution is 2.55. The molecule has 0 aliphatic heterocycles. The topological polar surface area (TPSA) is 108 Å². The second kappa shape index (κ2) is 15.3. The predicted octanol–water partition coefficient (Wildman–Crippen LogP) is 10.0. The summed E-state index contributed by atoms with van der Waals surface area (Å²) < 4.78 is 0. The van der Waals surface area contributed by atoms with Crippen LogP contribution in [0, 0.1) is 10.8 Å². The molecule has 2 atom stereocenters. The number of aliphatic hydroxyl groups is 1. The Balaban J connectivity index is 1.29. The Bertz CT molecular complexity index is 1850. The van der Waals surface area contributed by atoms with Gasteiger partial charge in [-0.2, -0.15) is 23.5 Å². The van der Waals surface area contributed by atoms with Gasteiger partial charge < -0.3 is 15.3 Å². The maximum absolute atomic E-state index is 11.7. The number of aromatic nitrogens is 1. The molecule has 9 heteroatoms. The number of hydrogen-bond acceptors (Lipinski definition) is 6. The molecule has 6 rings (SSSR count). The molecule has 0 spiro atoms. The smallest absolute Gasteiger partial charge is 0.303 e. The number of fused-ring (bicyclic) bond motifs is 1. The van der Waals surface area contributed by atoms with Crippen molar-refractivity contribution in [1.82, 2.24) is 4.98 Å². The zero-order chi connectivity index (χ0) is 35.5. The third-order valence-electron chi connectivity index (χ3n) is 10.3. The first-order valence-electron chi connectivity index (χ1n) is 17.4. The number of rotatable bonds is 18. The monoisotopic (exact) mass is 731 g/mol. The van der Waals surface area contributed by atoms with Crippen LogP contribution < -0.4 is 0 Å². The van der Waals surface area contributed by atoms with Crippen LogP contribution in [0.4, 0.5) is 0 Å². The van der Waals surface area contributed by atoms with Crippen LogP contribution in [0.5, 0.6) is 0 Å². The van der Waals surface area contributed by atoms with E-state index in [0.29, 0.717) is 11.4 Å². The van der Waals surface area contributed by atoms with E-state index in [9.17, 15) is 24.9 Å². The van der Waals surface area contributed by atoms with Crippen molar-refractivity contribution in [3.05, 3.63) is 112 Å². The van der Waals surface area contributed by atoms with Gasteiger partial charge in [-0.05, 0) is 104 Å². The largest absolute Gasteiger partial charge is 0.481 e. The number of pyridine rings is 1. The highest BCUT2D eigenvalue weighted by atomic mass is 35.5. The third kappa shape index (κ3) is 9.64. The fourth-order valence-corrected chi connectivity index (χ4v) is 10.2. The average Bonchev–Trinajstić information content (AvgIpc) is 4.00. The number of benzene rings is 3. The maximum Gasteiger partial charge on any atom is 0.303 e. The van der Waals surface area contributed by atoms with Gasteiger partial charge in [0.2, 0.25) is 0 Å². The number of nitrogens with zero attached hydrogens (tertiary/aromatic N) is 1. The van der Waals surface area contributed by atoms with E-state index in [-0.39, 0.29) is 34.2 Å². The summed E-state index contributed by atoms with van der Waals surface area (Å²) in [5.74, 6) is 0.0940. The molecule has 0 bridgehead atoms. The van der Waals surface area contributed by atoms with E-state index in [1.54, 1.807) is 0 Å². The van der Waals surface area contributed by atoms with Gasteiger partial charge in [-0.15, -0.1) is 0 Å². The molecule has 50 heavy (non-hydrogen) atoms. The number of aliphatic carboxylic acids is 2. The van der Waals surface area contributed by atoms with Gasteiger partial charge in [-0.1, -0.05) is 72.3 Å². The van der Waals surface area contributed by atoms with E-state index < -0.39 is 17.5 Å². The Labute approximate surface area is 308 Å². The van der Waals surface area contributed by atoms with Crippen LogP contribution in [0.25, 0.3) is 10.9 Å². The molecule has 1 unspecified atom stereocenters. The van der Waals surface area contributed by atoms with Gasteiger partial charge in [0.15, 0.2) is 0 Å². The van der Waals surface area contributed by atoms with Crippen molar-refractivity contribution >= 4 is 58.0 Å². The first-order chi connectivity index (χ1) is 23.8. The van der Waals surface area contributed by atoms with E-state index in [1.165, 1.54) is 11.1 Å². The fourth-order valence-electron chi connectivity index (χ4n) is 6.93. The van der Waals surface area contributed by atoms with Crippen LogP contribution >= 0.6 is 35.1 Å². The van der Waals surface area contributed by atoms with Gasteiger partial charge in [0.25, 0.3) is 0 Å². The van der Waals surface area contributed by atoms with Gasteiger partial charge in [0.05, 0.1) is 24.0 Å². The summed E-state index contributed by atoms with van der Waals surface area (Å²) in [7, 11) is 0. The molecule has 2 aliphatic carbocycles. The van der Waals surface area contributed by atoms with Crippen molar-refractivity contribution in [3.63, 3.8) is 0 Å². The summed E-state index contributed by atoms with van der Waals surface area (Å²) in [6.45, 7) is 3.65. The molecule has 6 nitrogen and oxygen atoms in total. The van der Waals surface area contributed by atoms with E-state index in [0.717, 1.165) is 77.8 Å². The Morgan fingerprint density at radius 2 is 1.42 bits per heavy atom. The van der Waals surface area contributed by atoms with Crippen molar-refractivity contribution in [2.45, 2.75) is 87.7 Å². The number of hydrogen-bond donors (Lipinski definition) is 3. The number of thioether (sulfide) groups is 2. The van der Waals surface area contributed by atoms with Crippen LogP contribution in [0.2, 0.25) is 5.02 Å². The summed E-state index contributed by atoms with van der Waals surface area (Å²) in [5, 5.41) is 32.0. The van der Waals surface area contributed by atoms with Crippen molar-refractivity contribution in [1.29, 1.82) is 0 Å². The van der Waals surface area contributed by atoms with Crippen molar-refractivity contribution in [2.24, 2.45) is 10.8 Å². The Hall–Kier alpha value is -3.04. The molecule has 3 N–H and O–H groups in total. The van der Waals surface area contributed by atoms with Crippen LogP contribution in [0.3, 0.4) is 0 Å². The SMILES string of the molecule is CC(C)(O)c1ccccc1CCC(SCC1(CC(=O)O)CC1)c1cccc([C@H](Cc2ccc3ccc(Cl)cc3n2)SCC2(CC(=O)O)CC2)c1. The molecule has 2 saturated carbocycles. The van der Waals surface area contributed by atoms with Gasteiger partial charge in [0, 0.05) is 44.5 Å². The lowest BCUT2D eigenvalue weighted by Gasteiger charge is -2.25. The van der Waals surface area contributed by atoms with Crippen LogP contribution in [-0.2, 0) is 28.0 Å². The van der Waals surface area contributed by atoms with E-state index in [1.807, 2.05) is 73.8 Å². The third-order valence-corrected chi connectivity index (χ3v) is 13.8. The highest BCUT2D eigenvalue weighted by Gasteiger charge is 2.45. The lowest BCUT2D eigenvalue weighted by molar-refractivity contribution is -0.139. The molecule has 2 aliphatic rings. The normalized spacial score (nSPS) is 17.3. The standard InChI is InChI=1S/C41H46ClNO5S2/c1-39(2,48)33-9-4-3-6-27(33)12-15-35(49-25-40(16-17-40)23-37(44)45)29-7-5-8-30(20-29)36(50-26-41(18-19-41)24-38(46)47)22-32-14-11-28-10-13-31(42)21-34(28)43-32/h3-11,13-14,20-21,35-36,48H,12,15-19,22-26H2,1-2H3,(H,44,45)(H,46,47)/t35?,36-/m0/s1. The van der Waals surface area contributed by atoms with Gasteiger partial charge in [-0.3, -0.25) is 14.6 Å². The second-order valence-corrected chi connectivity index (χ2v) is 17.8. The van der Waals surface area contributed by atoms with E-state index in [4.69, 9.17) is 16.6 Å². The first kappa shape index (κ1) is 36.7. The quantitative estimate of drug-likeness (QED) is 0.0928. The summed E-state index contributed by atoms with van der Waals surface area (Å²) >= 11 is 10.00. The minimum absolute atomic E-state index is 0.0636. The molecule has 1 heterocycles. The summed E-state index contributed by atoms with van der Waals surface area (Å²) in [4.78, 5) is 28.4. The van der Waals surface area contributed by atoms with Gasteiger partial charge in [0.1, 0.15) is 0 Å². The van der Waals surface area contributed by atoms with E-state index >= 15 is 0 Å². The van der Waals surface area contributed by atoms with Crippen LogP contribution in [0.1, 0.15) is 97.2 Å². The maximum atomic E-state index is 11.7. The number of carbonyl (C=O) groups is 2. The average molecular weight is 732 g/mol. The lowest BCUT2D eigenvalue weighted by atomic mass is 9.90. The summed E-state index contributed by atoms with van der Waals surface area (Å²) in [6.07, 6.45) is 6.49. The Morgan fingerprint density at radius 1 is 0.820 bits per heavy atom. The molecule has 2 fully saturated rings. The fraction of sp³-hybridized carbons (Fsp3) is 0.439. The summed E-state index contributed by atoms with van der Waals surface area (Å²) in [5.41, 5.74) is 5.02. The molecule has 264 valence electrons. The Kier molecular flexibility index (Phi) is 11.2. The first-order valence-corrected chi connectivity index (χ1v) is 19.9. The number of carboxylic acid groups (broad SMARTS) is 2. The number of carboxylic acids is 2.